The van der Waals surface area contributed by atoms with E-state index in [1.165, 1.54) is 43.9 Å². The van der Waals surface area contributed by atoms with Crippen LogP contribution >= 0.6 is 15.9 Å². The second kappa shape index (κ2) is 9.51. The van der Waals surface area contributed by atoms with Gasteiger partial charge in [0.1, 0.15) is 0 Å². The van der Waals surface area contributed by atoms with E-state index in [2.05, 4.69) is 35.9 Å². The van der Waals surface area contributed by atoms with Crippen LogP contribution in [0.25, 0.3) is 0 Å². The maximum absolute atomic E-state index is 12.5. The molecule has 0 bridgehead atoms. The first kappa shape index (κ1) is 21.5. The topological polar surface area (TPSA) is 110 Å². The summed E-state index contributed by atoms with van der Waals surface area (Å²) < 4.78 is 33.3. The molecule has 0 saturated heterocycles. The van der Waals surface area contributed by atoms with Crippen LogP contribution < -0.4 is 14.8 Å². The van der Waals surface area contributed by atoms with Crippen LogP contribution in [0.15, 0.2) is 82.6 Å². The number of ether oxygens (including phenoxy) is 1. The number of allylic oxidation sites excluding steroid dienone is 1. The molecule has 0 amide bonds. The number of anilines is 2. The van der Waals surface area contributed by atoms with Crippen LogP contribution in [0.5, 0.6) is 5.88 Å². The van der Waals surface area contributed by atoms with Crippen molar-refractivity contribution in [2.75, 3.05) is 17.1 Å². The van der Waals surface area contributed by atoms with Gasteiger partial charge in [0.15, 0.2) is 5.78 Å². The first-order chi connectivity index (χ1) is 14.4. The van der Waals surface area contributed by atoms with Gasteiger partial charge in [0.25, 0.3) is 15.9 Å². The lowest BCUT2D eigenvalue weighted by Gasteiger charge is -2.10. The van der Waals surface area contributed by atoms with Crippen molar-refractivity contribution in [2.24, 2.45) is 0 Å². The summed E-state index contributed by atoms with van der Waals surface area (Å²) in [5, 5.41) is 2.94. The van der Waals surface area contributed by atoms with Crippen LogP contribution in [-0.2, 0) is 10.0 Å². The van der Waals surface area contributed by atoms with Gasteiger partial charge in [0, 0.05) is 40.4 Å². The van der Waals surface area contributed by atoms with Gasteiger partial charge in [-0.25, -0.2) is 18.4 Å². The van der Waals surface area contributed by atoms with Crippen LogP contribution in [0.3, 0.4) is 0 Å². The molecule has 1 heterocycles. The fourth-order valence-electron chi connectivity index (χ4n) is 2.39. The Kier molecular flexibility index (Phi) is 6.80. The number of nitrogens with one attached hydrogen (secondary N) is 2. The molecule has 154 valence electrons. The number of carbonyl (C=O) groups is 1. The van der Waals surface area contributed by atoms with Gasteiger partial charge >= 0.3 is 0 Å². The number of halogens is 1. The predicted octanol–water partition coefficient (Wildman–Crippen LogP) is 3.86. The Hall–Kier alpha value is -3.24. The van der Waals surface area contributed by atoms with Crippen LogP contribution in [0.4, 0.5) is 11.5 Å². The Bertz CT molecular complexity index is 1160. The molecule has 1 aromatic heterocycles. The normalized spacial score (nSPS) is 11.3. The lowest BCUT2D eigenvalue weighted by Crippen LogP contribution is -2.15. The minimum atomic E-state index is -3.87. The number of methoxy groups -OCH3 is 1. The first-order valence-electron chi connectivity index (χ1n) is 8.60. The molecule has 10 heteroatoms. The monoisotopic (exact) mass is 488 g/mol. The lowest BCUT2D eigenvalue weighted by atomic mass is 10.1. The van der Waals surface area contributed by atoms with Crippen LogP contribution in [-0.4, -0.2) is 31.3 Å². The Balaban J connectivity index is 1.65. The molecule has 30 heavy (non-hydrogen) atoms. The van der Waals surface area contributed by atoms with Crippen molar-refractivity contribution in [2.45, 2.75) is 4.90 Å². The molecule has 8 nitrogen and oxygen atoms in total. The van der Waals surface area contributed by atoms with Gasteiger partial charge in [0.2, 0.25) is 5.82 Å². The lowest BCUT2D eigenvalue weighted by molar-refractivity contribution is 0.104. The Labute approximate surface area is 182 Å². The van der Waals surface area contributed by atoms with Gasteiger partial charge in [-0.3, -0.25) is 9.52 Å². The third kappa shape index (κ3) is 5.43. The van der Waals surface area contributed by atoms with Crippen molar-refractivity contribution >= 4 is 43.2 Å². The minimum absolute atomic E-state index is 0.00316. The summed E-state index contributed by atoms with van der Waals surface area (Å²) in [5.41, 5.74) is 1.18. The number of ketones is 1. The summed E-state index contributed by atoms with van der Waals surface area (Å²) in [4.78, 5) is 20.0. The average molecular weight is 489 g/mol. The summed E-state index contributed by atoms with van der Waals surface area (Å²) in [7, 11) is -2.50. The van der Waals surface area contributed by atoms with E-state index in [4.69, 9.17) is 4.74 Å². The van der Waals surface area contributed by atoms with Gasteiger partial charge in [-0.2, -0.15) is 0 Å². The predicted molar refractivity (Wildman–Crippen MR) is 117 cm³/mol. The second-order valence-corrected chi connectivity index (χ2v) is 8.49. The fourth-order valence-corrected chi connectivity index (χ4v) is 3.66. The molecule has 0 fully saturated rings. The third-order valence-electron chi connectivity index (χ3n) is 3.87. The molecular weight excluding hydrogens is 472 g/mol. The Morgan fingerprint density at radius 1 is 1.03 bits per heavy atom. The number of hydrogen-bond acceptors (Lipinski definition) is 7. The molecular formula is C20H17BrN4O4S. The average Bonchev–Trinajstić information content (AvgIpc) is 2.74. The standard InChI is InChI=1S/C20H17BrN4O4S/c1-29-20-19(23-12-13-24-20)25-30(27,28)17-8-6-16(7-9-17)22-11-10-18(26)14-2-4-15(21)5-3-14/h2-13,22H,1H3,(H,23,25)/b11-10+. The van der Waals surface area contributed by atoms with E-state index in [1.807, 2.05) is 0 Å². The number of rotatable bonds is 8. The smallest absolute Gasteiger partial charge is 0.263 e. The summed E-state index contributed by atoms with van der Waals surface area (Å²) in [6.45, 7) is 0. The molecule has 0 aliphatic rings. The highest BCUT2D eigenvalue weighted by molar-refractivity contribution is 9.10. The fraction of sp³-hybridized carbons (Fsp3) is 0.0500. The Morgan fingerprint density at radius 2 is 1.70 bits per heavy atom. The van der Waals surface area contributed by atoms with Crippen molar-refractivity contribution in [3.05, 3.63) is 83.2 Å². The highest BCUT2D eigenvalue weighted by atomic mass is 79.9. The molecule has 0 aliphatic heterocycles. The molecule has 0 aliphatic carbocycles. The van der Waals surface area contributed by atoms with E-state index in [0.29, 0.717) is 11.3 Å². The maximum Gasteiger partial charge on any atom is 0.263 e. The summed E-state index contributed by atoms with van der Waals surface area (Å²) >= 11 is 3.32. The largest absolute Gasteiger partial charge is 0.478 e. The summed E-state index contributed by atoms with van der Waals surface area (Å²) in [6.07, 6.45) is 5.65. The summed E-state index contributed by atoms with van der Waals surface area (Å²) in [5.74, 6) is -0.0900. The molecule has 0 saturated carbocycles. The van der Waals surface area contributed by atoms with Crippen LogP contribution in [0.2, 0.25) is 0 Å². The van der Waals surface area contributed by atoms with Crippen LogP contribution in [0.1, 0.15) is 10.4 Å². The van der Waals surface area contributed by atoms with E-state index in [9.17, 15) is 13.2 Å². The van der Waals surface area contributed by atoms with Gasteiger partial charge in [0.05, 0.1) is 12.0 Å². The second-order valence-electron chi connectivity index (χ2n) is 5.89. The van der Waals surface area contributed by atoms with Gasteiger partial charge in [-0.1, -0.05) is 15.9 Å². The Morgan fingerprint density at radius 3 is 2.37 bits per heavy atom. The van der Waals surface area contributed by atoms with Crippen molar-refractivity contribution in [3.63, 3.8) is 0 Å². The number of nitrogens with zero attached hydrogens (tertiary/aromatic N) is 2. The molecule has 3 rings (SSSR count). The number of aromatic nitrogens is 2. The molecule has 0 radical (unpaired) electrons. The maximum atomic E-state index is 12.5. The SMILES string of the molecule is COc1nccnc1NS(=O)(=O)c1ccc(N/C=C/C(=O)c2ccc(Br)cc2)cc1. The highest BCUT2D eigenvalue weighted by Gasteiger charge is 2.17. The molecule has 2 N–H and O–H groups in total. The summed E-state index contributed by atoms with van der Waals surface area (Å²) in [6, 6.07) is 13.0. The minimum Gasteiger partial charge on any atom is -0.478 e. The van der Waals surface area contributed by atoms with E-state index >= 15 is 0 Å². The van der Waals surface area contributed by atoms with Crippen molar-refractivity contribution in [3.8, 4) is 5.88 Å². The van der Waals surface area contributed by atoms with Gasteiger partial charge < -0.3 is 10.1 Å². The van der Waals surface area contributed by atoms with E-state index in [-0.39, 0.29) is 22.4 Å². The van der Waals surface area contributed by atoms with Crippen molar-refractivity contribution in [1.82, 2.24) is 9.97 Å². The highest BCUT2D eigenvalue weighted by Crippen LogP contribution is 2.22. The van der Waals surface area contributed by atoms with E-state index < -0.39 is 10.0 Å². The van der Waals surface area contributed by atoms with Crippen LogP contribution in [0, 0.1) is 0 Å². The molecule has 0 atom stereocenters. The molecule has 3 aromatic rings. The zero-order valence-electron chi connectivity index (χ0n) is 15.7. The zero-order chi connectivity index (χ0) is 21.6. The number of benzene rings is 2. The first-order valence-corrected chi connectivity index (χ1v) is 10.9. The van der Waals surface area contributed by atoms with Crippen molar-refractivity contribution < 1.29 is 17.9 Å². The van der Waals surface area contributed by atoms with Crippen molar-refractivity contribution in [1.29, 1.82) is 0 Å². The van der Waals surface area contributed by atoms with E-state index in [1.54, 1.807) is 36.4 Å². The third-order valence-corrected chi connectivity index (χ3v) is 5.75. The number of carbonyl (C=O) groups excluding carboxylic acids is 1. The van der Waals surface area contributed by atoms with E-state index in [0.717, 1.165) is 4.47 Å². The molecule has 0 spiro atoms. The van der Waals surface area contributed by atoms with Gasteiger partial charge in [-0.15, -0.1) is 0 Å². The number of sulfonamides is 1. The van der Waals surface area contributed by atoms with Gasteiger partial charge in [-0.05, 0) is 48.5 Å². The molecule has 0 unspecified atom stereocenters. The quantitative estimate of drug-likeness (QED) is 0.365. The zero-order valence-corrected chi connectivity index (χ0v) is 18.1. The molecule has 2 aromatic carbocycles. The number of hydrogen-bond donors (Lipinski definition) is 2.